The number of hydrogen-bond donors (Lipinski definition) is 2. The van der Waals surface area contributed by atoms with Crippen molar-refractivity contribution >= 4 is 5.82 Å². The molecular weight excluding hydrogens is 206 g/mol. The number of hydrogen-bond acceptors (Lipinski definition) is 5. The Bertz CT molecular complexity index is 329. The molecule has 0 spiro atoms. The number of anilines is 1. The third-order valence-electron chi connectivity index (χ3n) is 1.96. The van der Waals surface area contributed by atoms with Crippen molar-refractivity contribution in [1.82, 2.24) is 9.97 Å². The lowest BCUT2D eigenvalue weighted by Gasteiger charge is -2.24. The van der Waals surface area contributed by atoms with Gasteiger partial charge in [-0.2, -0.15) is 0 Å². The van der Waals surface area contributed by atoms with Crippen LogP contribution in [-0.2, 0) is 0 Å². The Kier molecular flexibility index (Phi) is 4.49. The van der Waals surface area contributed by atoms with Gasteiger partial charge in [0.05, 0.1) is 18.8 Å². The molecule has 5 nitrogen and oxygen atoms in total. The Hall–Kier alpha value is -1.36. The summed E-state index contributed by atoms with van der Waals surface area (Å²) >= 11 is 0. The Morgan fingerprint density at radius 3 is 2.81 bits per heavy atom. The summed E-state index contributed by atoms with van der Waals surface area (Å²) in [5.41, 5.74) is -0.406. The molecule has 0 fully saturated rings. The van der Waals surface area contributed by atoms with Gasteiger partial charge >= 0.3 is 0 Å². The van der Waals surface area contributed by atoms with Crippen molar-refractivity contribution in [3.63, 3.8) is 0 Å². The van der Waals surface area contributed by atoms with Crippen LogP contribution in [0.5, 0.6) is 5.88 Å². The van der Waals surface area contributed by atoms with Gasteiger partial charge in [-0.15, -0.1) is 0 Å². The first-order valence-electron chi connectivity index (χ1n) is 5.41. The van der Waals surface area contributed by atoms with Gasteiger partial charge in [-0.25, -0.2) is 9.97 Å². The van der Waals surface area contributed by atoms with Gasteiger partial charge in [0.25, 0.3) is 0 Å². The largest absolute Gasteiger partial charge is 0.478 e. The predicted octanol–water partition coefficient (Wildman–Crippen LogP) is 1.45. The molecule has 0 aromatic carbocycles. The van der Waals surface area contributed by atoms with Crippen molar-refractivity contribution in [2.75, 3.05) is 18.5 Å². The van der Waals surface area contributed by atoms with Crippen molar-refractivity contribution in [2.24, 2.45) is 0 Å². The zero-order chi connectivity index (χ0) is 12.0. The zero-order valence-electron chi connectivity index (χ0n) is 10.0. The first-order valence-corrected chi connectivity index (χ1v) is 5.41. The van der Waals surface area contributed by atoms with E-state index in [4.69, 9.17) is 9.84 Å². The topological polar surface area (TPSA) is 67.3 Å². The molecule has 0 unspecified atom stereocenters. The quantitative estimate of drug-likeness (QED) is 0.767. The fraction of sp³-hybridized carbons (Fsp3) is 0.636. The Balaban J connectivity index is 2.67. The minimum atomic E-state index is -0.406. The van der Waals surface area contributed by atoms with Crippen LogP contribution in [-0.4, -0.2) is 33.8 Å². The first-order chi connectivity index (χ1) is 7.57. The molecule has 1 heterocycles. The van der Waals surface area contributed by atoms with E-state index in [0.717, 1.165) is 6.42 Å². The molecule has 0 aliphatic carbocycles. The summed E-state index contributed by atoms with van der Waals surface area (Å²) in [5.74, 6) is 1.20. The van der Waals surface area contributed by atoms with E-state index in [1.165, 1.54) is 6.33 Å². The summed E-state index contributed by atoms with van der Waals surface area (Å²) in [7, 11) is 0. The van der Waals surface area contributed by atoms with Crippen molar-refractivity contribution in [3.05, 3.63) is 12.4 Å². The second-order valence-corrected chi connectivity index (χ2v) is 4.26. The number of nitrogens with one attached hydrogen (secondary N) is 1. The van der Waals surface area contributed by atoms with Gasteiger partial charge < -0.3 is 15.2 Å². The highest BCUT2D eigenvalue weighted by molar-refractivity contribution is 5.39. The summed E-state index contributed by atoms with van der Waals surface area (Å²) in [6, 6.07) is 1.73. The van der Waals surface area contributed by atoms with Gasteiger partial charge in [-0.1, -0.05) is 6.92 Å². The van der Waals surface area contributed by atoms with Crippen LogP contribution >= 0.6 is 0 Å². The van der Waals surface area contributed by atoms with E-state index in [9.17, 15) is 0 Å². The van der Waals surface area contributed by atoms with E-state index < -0.39 is 5.54 Å². The lowest BCUT2D eigenvalue weighted by atomic mass is 10.1. The third kappa shape index (κ3) is 4.02. The van der Waals surface area contributed by atoms with Crippen LogP contribution in [0.3, 0.4) is 0 Å². The van der Waals surface area contributed by atoms with Gasteiger partial charge in [0.1, 0.15) is 12.1 Å². The highest BCUT2D eigenvalue weighted by Gasteiger charge is 2.16. The van der Waals surface area contributed by atoms with Gasteiger partial charge in [0.15, 0.2) is 0 Å². The Labute approximate surface area is 95.9 Å². The van der Waals surface area contributed by atoms with E-state index in [-0.39, 0.29) is 6.61 Å². The number of nitrogens with zero attached hydrogens (tertiary/aromatic N) is 2. The minimum Gasteiger partial charge on any atom is -0.478 e. The number of aromatic nitrogens is 2. The Morgan fingerprint density at radius 2 is 2.19 bits per heavy atom. The second kappa shape index (κ2) is 5.65. The Morgan fingerprint density at radius 1 is 1.44 bits per heavy atom. The normalized spacial score (nSPS) is 11.2. The number of rotatable bonds is 6. The predicted molar refractivity (Wildman–Crippen MR) is 62.6 cm³/mol. The maximum Gasteiger partial charge on any atom is 0.218 e. The highest BCUT2D eigenvalue weighted by Crippen LogP contribution is 2.15. The molecule has 0 aliphatic rings. The van der Waals surface area contributed by atoms with Crippen molar-refractivity contribution in [1.29, 1.82) is 0 Å². The van der Waals surface area contributed by atoms with Gasteiger partial charge in [-0.05, 0) is 20.3 Å². The summed E-state index contributed by atoms with van der Waals surface area (Å²) in [6.45, 7) is 6.49. The molecule has 0 saturated carbocycles. The molecule has 90 valence electrons. The van der Waals surface area contributed by atoms with Gasteiger partial charge in [0, 0.05) is 6.07 Å². The first kappa shape index (κ1) is 12.7. The molecule has 0 atom stereocenters. The van der Waals surface area contributed by atoms with Crippen LogP contribution in [0, 0.1) is 0 Å². The lowest BCUT2D eigenvalue weighted by Crippen LogP contribution is -2.35. The maximum atomic E-state index is 9.13. The fourth-order valence-corrected chi connectivity index (χ4v) is 1.08. The van der Waals surface area contributed by atoms with Gasteiger partial charge in [-0.3, -0.25) is 0 Å². The number of aliphatic hydroxyl groups excluding tert-OH is 1. The standard InChI is InChI=1S/C11H19N3O2/c1-4-5-16-10-6-9(12-8-13-10)14-11(2,3)7-15/h6,8,15H,4-5,7H2,1-3H3,(H,12,13,14). The van der Waals surface area contributed by atoms with E-state index in [1.54, 1.807) is 6.07 Å². The summed E-state index contributed by atoms with van der Waals surface area (Å²) in [6.07, 6.45) is 2.38. The van der Waals surface area contributed by atoms with E-state index in [0.29, 0.717) is 18.3 Å². The third-order valence-corrected chi connectivity index (χ3v) is 1.96. The van der Waals surface area contributed by atoms with Crippen LogP contribution in [0.2, 0.25) is 0 Å². The lowest BCUT2D eigenvalue weighted by molar-refractivity contribution is 0.233. The smallest absolute Gasteiger partial charge is 0.218 e. The SMILES string of the molecule is CCCOc1cc(NC(C)(C)CO)ncn1. The average Bonchev–Trinajstić information content (AvgIpc) is 2.26. The maximum absolute atomic E-state index is 9.13. The molecule has 1 rings (SSSR count). The second-order valence-electron chi connectivity index (χ2n) is 4.26. The molecule has 0 aliphatic heterocycles. The molecule has 1 aromatic heterocycles. The van der Waals surface area contributed by atoms with Crippen molar-refractivity contribution in [2.45, 2.75) is 32.7 Å². The van der Waals surface area contributed by atoms with Crippen LogP contribution in [0.1, 0.15) is 27.2 Å². The average molecular weight is 225 g/mol. The summed E-state index contributed by atoms with van der Waals surface area (Å²) < 4.78 is 5.39. The molecule has 0 bridgehead atoms. The minimum absolute atomic E-state index is 0.0299. The van der Waals surface area contributed by atoms with E-state index >= 15 is 0 Å². The fourth-order valence-electron chi connectivity index (χ4n) is 1.08. The molecule has 5 heteroatoms. The summed E-state index contributed by atoms with van der Waals surface area (Å²) in [4.78, 5) is 8.06. The molecular formula is C11H19N3O2. The summed E-state index contributed by atoms with van der Waals surface area (Å²) in [5, 5.41) is 12.2. The van der Waals surface area contributed by atoms with Crippen LogP contribution in [0.15, 0.2) is 12.4 Å². The molecule has 0 amide bonds. The molecule has 0 radical (unpaired) electrons. The van der Waals surface area contributed by atoms with E-state index in [1.807, 2.05) is 20.8 Å². The van der Waals surface area contributed by atoms with Crippen LogP contribution in [0.25, 0.3) is 0 Å². The molecule has 0 saturated heterocycles. The van der Waals surface area contributed by atoms with Crippen molar-refractivity contribution in [3.8, 4) is 5.88 Å². The van der Waals surface area contributed by atoms with Crippen LogP contribution in [0.4, 0.5) is 5.82 Å². The number of ether oxygens (including phenoxy) is 1. The monoisotopic (exact) mass is 225 g/mol. The molecule has 16 heavy (non-hydrogen) atoms. The van der Waals surface area contributed by atoms with E-state index in [2.05, 4.69) is 15.3 Å². The highest BCUT2D eigenvalue weighted by atomic mass is 16.5. The molecule has 2 N–H and O–H groups in total. The zero-order valence-corrected chi connectivity index (χ0v) is 10.0. The van der Waals surface area contributed by atoms with Crippen LogP contribution < -0.4 is 10.1 Å². The number of aliphatic hydroxyl groups is 1. The van der Waals surface area contributed by atoms with Crippen molar-refractivity contribution < 1.29 is 9.84 Å². The molecule has 1 aromatic rings. The van der Waals surface area contributed by atoms with Gasteiger partial charge in [0.2, 0.25) is 5.88 Å².